The minimum atomic E-state index is -1.34. The number of nitrogens with zero attached hydrogens (tertiary/aromatic N) is 14. The van der Waals surface area contributed by atoms with E-state index in [1.807, 2.05) is 97.3 Å². The molecule has 452 valence electrons. The second-order valence-corrected chi connectivity index (χ2v) is 21.8. The number of halogens is 6. The monoisotopic (exact) mass is 1340 g/mol. The van der Waals surface area contributed by atoms with Crippen LogP contribution in [0, 0.1) is 0 Å². The van der Waals surface area contributed by atoms with Gasteiger partial charge >= 0.3 is 19.2 Å². The Morgan fingerprint density at radius 1 is 0.545 bits per heavy atom. The summed E-state index contributed by atoms with van der Waals surface area (Å²) in [7, 11) is -1.34. The van der Waals surface area contributed by atoms with Crippen molar-refractivity contribution in [2.75, 3.05) is 55.6 Å². The molecule has 14 rings (SSSR count). The summed E-state index contributed by atoms with van der Waals surface area (Å²) in [5.41, 5.74) is 12.5. The zero-order chi connectivity index (χ0) is 60.8. The Bertz CT molecular complexity index is 4120. The van der Waals surface area contributed by atoms with Crippen molar-refractivity contribution in [3.8, 4) is 45.3 Å². The minimum Gasteiger partial charge on any atom is -0.423 e. The van der Waals surface area contributed by atoms with Gasteiger partial charge in [-0.25, -0.2) is 51.3 Å². The summed E-state index contributed by atoms with van der Waals surface area (Å²) in [6, 6.07) is 39.9. The topological polar surface area (TPSA) is 272 Å². The van der Waals surface area contributed by atoms with Crippen LogP contribution in [0.25, 0.3) is 62.6 Å². The Balaban J connectivity index is 0.000000143. The maximum atomic E-state index is 13.3. The number of fused-ring (bicyclic) bond motifs is 3. The molecule has 0 bridgehead atoms. The fourth-order valence-electron chi connectivity index (χ4n) is 9.05. The van der Waals surface area contributed by atoms with Crippen LogP contribution < -0.4 is 27.1 Å². The highest BCUT2D eigenvalue weighted by Gasteiger charge is 2.27. The molecule has 4 amide bonds. The van der Waals surface area contributed by atoms with Crippen molar-refractivity contribution < 1.29 is 32.8 Å². The van der Waals surface area contributed by atoms with Crippen molar-refractivity contribution >= 4 is 103 Å². The van der Waals surface area contributed by atoms with Gasteiger partial charge in [-0.15, -0.1) is 27.7 Å². The molecule has 5 aromatic carbocycles. The summed E-state index contributed by atoms with van der Waals surface area (Å²) in [6.07, 6.45) is 9.61. The van der Waals surface area contributed by atoms with E-state index in [2.05, 4.69) is 93.0 Å². The second kappa shape index (κ2) is 30.1. The first-order chi connectivity index (χ1) is 42.2. The molecule has 0 spiro atoms. The van der Waals surface area contributed by atoms with Crippen LogP contribution in [0.5, 0.6) is 0 Å². The molecule has 7 N–H and O–H groups in total. The third-order valence-electron chi connectivity index (χ3n) is 13.4. The first kappa shape index (κ1) is 63.6. The van der Waals surface area contributed by atoms with Crippen LogP contribution in [-0.2, 0) is 0 Å². The number of nitrogens with two attached hydrogens (primary N) is 1. The average molecular weight is 1350 g/mol. The third kappa shape index (κ3) is 17.2. The molecular weight excluding hydrogens is 1290 g/mol. The molecule has 88 heavy (non-hydrogen) atoms. The van der Waals surface area contributed by atoms with E-state index in [4.69, 9.17) is 15.8 Å². The molecule has 0 saturated carbocycles. The molecule has 0 radical (unpaired) electrons. The van der Waals surface area contributed by atoms with Crippen molar-refractivity contribution in [2.24, 2.45) is 0 Å². The molecule has 3 atom stereocenters. The SMILES string of the molecule is Cl.F[C@H]1CCNC1.Nc1cccc(-c2nc3ncc(Br)cn3n2)c1.O=C(Nc1cccc(-c2nc3ncc(-c4ccccc4)cn3n2)c1)N1CC[C@H](F)C1.O=C(Nc1cccc(-c2nc3ncc(Br)cn3n2)c1)N1CC[C@H](F)C1.OB(O)c1ccccc1. The molecule has 3 aliphatic rings. The highest BCUT2D eigenvalue weighted by molar-refractivity contribution is 9.10. The number of benzene rings is 5. The van der Waals surface area contributed by atoms with Crippen molar-refractivity contribution in [1.29, 1.82) is 0 Å². The van der Waals surface area contributed by atoms with Crippen LogP contribution in [0.1, 0.15) is 19.3 Å². The van der Waals surface area contributed by atoms with Crippen molar-refractivity contribution in [3.05, 3.63) is 180 Å². The van der Waals surface area contributed by atoms with E-state index in [0.717, 1.165) is 43.3 Å². The van der Waals surface area contributed by atoms with E-state index in [0.29, 0.717) is 96.2 Å². The van der Waals surface area contributed by atoms with Gasteiger partial charge < -0.3 is 41.5 Å². The fourth-order valence-corrected chi connectivity index (χ4v) is 9.64. The van der Waals surface area contributed by atoms with Gasteiger partial charge in [0.1, 0.15) is 18.5 Å². The van der Waals surface area contributed by atoms with Crippen LogP contribution in [-0.4, -0.2) is 156 Å². The summed E-state index contributed by atoms with van der Waals surface area (Å²) >= 11 is 6.68. The predicted octanol–water partition coefficient (Wildman–Crippen LogP) is 9.41. The molecule has 22 nitrogen and oxygen atoms in total. The van der Waals surface area contributed by atoms with E-state index in [9.17, 15) is 22.8 Å². The average Bonchev–Trinajstić information content (AvgIpc) is 4.32. The lowest BCUT2D eigenvalue weighted by Crippen LogP contribution is -2.33. The summed E-state index contributed by atoms with van der Waals surface area (Å²) in [5.74, 6) is 3.16. The number of aromatic nitrogens is 12. The van der Waals surface area contributed by atoms with E-state index in [1.54, 1.807) is 86.9 Å². The minimum absolute atomic E-state index is 0. The number of hydrogen-bond donors (Lipinski definition) is 6. The second-order valence-electron chi connectivity index (χ2n) is 20.0. The lowest BCUT2D eigenvalue weighted by molar-refractivity contribution is 0.217. The third-order valence-corrected chi connectivity index (χ3v) is 14.3. The number of nitrogen functional groups attached to an aromatic ring is 1. The molecule has 3 aliphatic heterocycles. The van der Waals surface area contributed by atoms with Crippen molar-refractivity contribution in [1.82, 2.24) is 73.9 Å². The maximum Gasteiger partial charge on any atom is 0.488 e. The van der Waals surface area contributed by atoms with E-state index in [-0.39, 0.29) is 37.6 Å². The van der Waals surface area contributed by atoms with Gasteiger partial charge in [0.05, 0.1) is 22.0 Å². The fraction of sp³-hybridized carbons (Fsp3) is 0.203. The van der Waals surface area contributed by atoms with E-state index in [1.165, 1.54) is 9.80 Å². The number of likely N-dealkylation sites (tertiary alicyclic amines) is 2. The number of carbonyl (C=O) groups is 2. The molecule has 3 fully saturated rings. The van der Waals surface area contributed by atoms with Gasteiger partial charge in [0.2, 0.25) is 0 Å². The maximum absolute atomic E-state index is 13.3. The first-order valence-corrected chi connectivity index (χ1v) is 29.0. The molecule has 11 aromatic rings. The summed E-state index contributed by atoms with van der Waals surface area (Å²) < 4.78 is 45.0. The number of hydrogen-bond acceptors (Lipinski definition) is 15. The Kier molecular flexibility index (Phi) is 21.8. The zero-order valence-electron chi connectivity index (χ0n) is 46.7. The number of alkyl halides is 3. The molecular formula is C59H57BBr2ClF3N18O4. The van der Waals surface area contributed by atoms with Crippen molar-refractivity contribution in [3.63, 3.8) is 0 Å². The highest BCUT2D eigenvalue weighted by atomic mass is 79.9. The quantitative estimate of drug-likeness (QED) is 0.0641. The Labute approximate surface area is 525 Å². The molecule has 0 aliphatic carbocycles. The van der Waals surface area contributed by atoms with Gasteiger partial charge in [-0.3, -0.25) is 0 Å². The zero-order valence-corrected chi connectivity index (χ0v) is 50.7. The van der Waals surface area contributed by atoms with E-state index < -0.39 is 25.6 Å². The molecule has 6 aromatic heterocycles. The Hall–Kier alpha value is -8.93. The van der Waals surface area contributed by atoms with Crippen molar-refractivity contribution in [2.45, 2.75) is 37.8 Å². The lowest BCUT2D eigenvalue weighted by Gasteiger charge is -2.16. The molecule has 0 unspecified atom stereocenters. The summed E-state index contributed by atoms with van der Waals surface area (Å²) in [6.45, 7) is 2.56. The van der Waals surface area contributed by atoms with Crippen LogP contribution in [0.2, 0.25) is 0 Å². The number of urea groups is 2. The number of anilines is 3. The van der Waals surface area contributed by atoms with E-state index >= 15 is 0 Å². The normalized spacial score (nSPS) is 15.8. The first-order valence-electron chi connectivity index (χ1n) is 27.4. The van der Waals surface area contributed by atoms with Crippen LogP contribution in [0.15, 0.2) is 180 Å². The Morgan fingerprint density at radius 2 is 0.989 bits per heavy atom. The number of nitrogens with one attached hydrogen (secondary N) is 3. The van der Waals surface area contributed by atoms with Gasteiger partial charge in [-0.1, -0.05) is 97.1 Å². The molecule has 3 saturated heterocycles. The summed E-state index contributed by atoms with van der Waals surface area (Å²) in [4.78, 5) is 53.4. The molecule has 9 heterocycles. The largest absolute Gasteiger partial charge is 0.488 e. The van der Waals surface area contributed by atoms with Crippen LogP contribution in [0.3, 0.4) is 0 Å². The predicted molar refractivity (Wildman–Crippen MR) is 340 cm³/mol. The van der Waals surface area contributed by atoms with Gasteiger partial charge in [-0.2, -0.15) is 15.0 Å². The van der Waals surface area contributed by atoms with Gasteiger partial charge in [0.15, 0.2) is 17.5 Å². The van der Waals surface area contributed by atoms with Crippen LogP contribution in [0.4, 0.5) is 39.8 Å². The number of carbonyl (C=O) groups excluding carboxylic acids is 2. The standard InChI is InChI=1S/C22H19FN6O.C16H14BrFN6O.C11H8BrN5.C6H7BO2.C4H8FN.ClH/c23-18-9-10-28(14-18)22(30)25-19-8-4-7-16(11-19)20-26-21-24-12-17(13-29(21)27-20)15-5-2-1-3-6-15;17-11-7-19-15-21-14(22-24(15)8-11)10-2-1-3-13(6-10)20-16(25)23-5-4-12(18)9-23;12-8-5-14-11-15-10(16-17(11)6-8)7-2-1-3-9(13)4-7;8-7(9)6-4-2-1-3-5-6;5-4-1-2-6-3-4;/h1-8,11-13,18H,9-10,14H2,(H,25,30);1-3,6-8,12H,4-5,9H2,(H,20,25);1-6H,13H2;1-5,8-9H;4,6H,1-3H2;1H/t18-;12-;;;4-;/m00..0./s1. The number of rotatable bonds is 7. The smallest absolute Gasteiger partial charge is 0.423 e. The lowest BCUT2D eigenvalue weighted by atomic mass is 9.81. The summed E-state index contributed by atoms with van der Waals surface area (Å²) in [5, 5.41) is 39.0. The van der Waals surface area contributed by atoms with Gasteiger partial charge in [-0.05, 0) is 105 Å². The Morgan fingerprint density at radius 3 is 1.40 bits per heavy atom. The van der Waals surface area contributed by atoms with Crippen LogP contribution >= 0.6 is 44.3 Å². The highest BCUT2D eigenvalue weighted by Crippen LogP contribution is 2.26. The number of amides is 4. The van der Waals surface area contributed by atoms with Gasteiger partial charge in [0, 0.05) is 96.1 Å². The van der Waals surface area contributed by atoms with Gasteiger partial charge in [0.25, 0.3) is 17.3 Å². The molecule has 29 heteroatoms.